The highest BCUT2D eigenvalue weighted by Gasteiger charge is 2.29. The molecule has 21 heavy (non-hydrogen) atoms. The van der Waals surface area contributed by atoms with Crippen LogP contribution in [0.15, 0.2) is 21.7 Å². The monoisotopic (exact) mass is 343 g/mol. The van der Waals surface area contributed by atoms with E-state index in [4.69, 9.17) is 4.74 Å². The number of nitrogens with one attached hydrogen (secondary N) is 1. The molecule has 0 radical (unpaired) electrons. The molecule has 5 nitrogen and oxygen atoms in total. The first-order valence-electron chi connectivity index (χ1n) is 6.32. The maximum Gasteiger partial charge on any atom is 0.341 e. The second kappa shape index (κ2) is 5.43. The third-order valence-corrected chi connectivity index (χ3v) is 7.38. The van der Waals surface area contributed by atoms with E-state index in [0.29, 0.717) is 10.6 Å². The minimum atomic E-state index is -3.65. The van der Waals surface area contributed by atoms with Gasteiger partial charge in [-0.1, -0.05) is 6.07 Å². The smallest absolute Gasteiger partial charge is 0.341 e. The molecule has 0 atom stereocenters. The molecule has 0 saturated carbocycles. The van der Waals surface area contributed by atoms with Crippen LogP contribution in [0.4, 0.5) is 5.00 Å². The fourth-order valence-corrected chi connectivity index (χ4v) is 5.96. The number of carbonyl (C=O) groups is 1. The third kappa shape index (κ3) is 2.58. The van der Waals surface area contributed by atoms with Crippen molar-refractivity contribution in [3.05, 3.63) is 33.5 Å². The second-order valence-corrected chi connectivity index (χ2v) is 8.55. The van der Waals surface area contributed by atoms with Crippen molar-refractivity contribution in [2.24, 2.45) is 0 Å². The average molecular weight is 343 g/mol. The van der Waals surface area contributed by atoms with Crippen molar-refractivity contribution in [2.75, 3.05) is 11.8 Å². The fourth-order valence-electron chi connectivity index (χ4n) is 2.38. The molecule has 0 aromatic carbocycles. The number of carbonyl (C=O) groups excluding carboxylic acids is 1. The van der Waals surface area contributed by atoms with Gasteiger partial charge in [0, 0.05) is 4.88 Å². The highest BCUT2D eigenvalue weighted by atomic mass is 32.2. The number of thiophene rings is 2. The van der Waals surface area contributed by atoms with E-state index in [1.807, 2.05) is 0 Å². The lowest BCUT2D eigenvalue weighted by Gasteiger charge is -2.07. The summed E-state index contributed by atoms with van der Waals surface area (Å²) in [6, 6.07) is 3.21. The van der Waals surface area contributed by atoms with Gasteiger partial charge in [-0.25, -0.2) is 13.2 Å². The first kappa shape index (κ1) is 14.6. The number of anilines is 1. The molecule has 0 aliphatic heterocycles. The van der Waals surface area contributed by atoms with Gasteiger partial charge in [-0.05, 0) is 36.3 Å². The molecule has 0 spiro atoms. The van der Waals surface area contributed by atoms with Gasteiger partial charge in [0.25, 0.3) is 10.0 Å². The lowest BCUT2D eigenvalue weighted by atomic mass is 10.1. The molecule has 2 heterocycles. The molecule has 0 amide bonds. The summed E-state index contributed by atoms with van der Waals surface area (Å²) in [5.41, 5.74) is 1.30. The van der Waals surface area contributed by atoms with Gasteiger partial charge in [-0.15, -0.1) is 22.7 Å². The van der Waals surface area contributed by atoms with Crippen molar-refractivity contribution in [2.45, 2.75) is 23.5 Å². The highest BCUT2D eigenvalue weighted by molar-refractivity contribution is 7.94. The van der Waals surface area contributed by atoms with Crippen LogP contribution in [-0.4, -0.2) is 21.5 Å². The first-order valence-corrected chi connectivity index (χ1v) is 9.50. The summed E-state index contributed by atoms with van der Waals surface area (Å²) in [6.45, 7) is 0. The van der Waals surface area contributed by atoms with E-state index < -0.39 is 16.0 Å². The van der Waals surface area contributed by atoms with Crippen LogP contribution in [0.2, 0.25) is 0 Å². The molecule has 112 valence electrons. The molecule has 0 bridgehead atoms. The Morgan fingerprint density at radius 2 is 2.19 bits per heavy atom. The van der Waals surface area contributed by atoms with E-state index in [0.717, 1.165) is 41.0 Å². The van der Waals surface area contributed by atoms with Gasteiger partial charge in [-0.2, -0.15) is 0 Å². The Hall–Kier alpha value is -1.38. The van der Waals surface area contributed by atoms with Crippen molar-refractivity contribution in [3.8, 4) is 0 Å². The lowest BCUT2D eigenvalue weighted by molar-refractivity contribution is 0.0601. The van der Waals surface area contributed by atoms with E-state index in [9.17, 15) is 13.2 Å². The molecule has 2 aromatic heterocycles. The van der Waals surface area contributed by atoms with Crippen LogP contribution in [0, 0.1) is 0 Å². The Labute approximate surface area is 130 Å². The van der Waals surface area contributed by atoms with Gasteiger partial charge in [-0.3, -0.25) is 4.72 Å². The number of fused-ring (bicyclic) bond motifs is 1. The van der Waals surface area contributed by atoms with E-state index in [2.05, 4.69) is 4.72 Å². The second-order valence-electron chi connectivity index (χ2n) is 4.59. The summed E-state index contributed by atoms with van der Waals surface area (Å²) in [5, 5.41) is 2.06. The number of ether oxygens (including phenoxy) is 1. The molecule has 1 N–H and O–H groups in total. The number of hydrogen-bond donors (Lipinski definition) is 1. The SMILES string of the molecule is COC(=O)c1c(NS(=O)(=O)c2cccs2)sc2c1CCC2. The molecule has 0 saturated heterocycles. The van der Waals surface area contributed by atoms with Gasteiger partial charge in [0.05, 0.1) is 12.7 Å². The predicted octanol–water partition coefficient (Wildman–Crippen LogP) is 2.89. The molecular formula is C13H13NO4S3. The van der Waals surface area contributed by atoms with E-state index >= 15 is 0 Å². The van der Waals surface area contributed by atoms with Crippen molar-refractivity contribution in [3.63, 3.8) is 0 Å². The quantitative estimate of drug-likeness (QED) is 0.867. The minimum Gasteiger partial charge on any atom is -0.465 e. The van der Waals surface area contributed by atoms with Gasteiger partial charge in [0.15, 0.2) is 0 Å². The molecule has 0 fully saturated rings. The maximum atomic E-state index is 12.3. The summed E-state index contributed by atoms with van der Waals surface area (Å²) in [4.78, 5) is 13.0. The zero-order valence-electron chi connectivity index (χ0n) is 11.2. The Morgan fingerprint density at radius 3 is 2.86 bits per heavy atom. The number of hydrogen-bond acceptors (Lipinski definition) is 6. The average Bonchev–Trinajstić information content (AvgIpc) is 3.13. The van der Waals surface area contributed by atoms with Crippen molar-refractivity contribution in [1.29, 1.82) is 0 Å². The number of esters is 1. The Kier molecular flexibility index (Phi) is 3.76. The summed E-state index contributed by atoms with van der Waals surface area (Å²) in [5.74, 6) is -0.488. The van der Waals surface area contributed by atoms with E-state index in [1.165, 1.54) is 24.5 Å². The van der Waals surface area contributed by atoms with Gasteiger partial charge >= 0.3 is 5.97 Å². The lowest BCUT2D eigenvalue weighted by Crippen LogP contribution is -2.14. The molecule has 8 heteroatoms. The molecule has 1 aliphatic carbocycles. The molecule has 0 unspecified atom stereocenters. The maximum absolute atomic E-state index is 12.3. The topological polar surface area (TPSA) is 72.5 Å². The molecular weight excluding hydrogens is 330 g/mol. The Bertz CT molecular complexity index is 775. The first-order chi connectivity index (χ1) is 10.0. The highest BCUT2D eigenvalue weighted by Crippen LogP contribution is 2.40. The number of aryl methyl sites for hydroxylation is 1. The normalized spacial score (nSPS) is 14.0. The molecule has 3 rings (SSSR count). The standard InChI is InChI=1S/C13H13NO4S3/c1-18-13(15)11-8-4-2-5-9(8)20-12(11)14-21(16,17)10-6-3-7-19-10/h3,6-7,14H,2,4-5H2,1H3. The molecule has 1 aliphatic rings. The van der Waals surface area contributed by atoms with Gasteiger partial charge in [0.2, 0.25) is 0 Å². The van der Waals surface area contributed by atoms with E-state index in [-0.39, 0.29) is 4.21 Å². The van der Waals surface area contributed by atoms with Crippen LogP contribution in [0.3, 0.4) is 0 Å². The van der Waals surface area contributed by atoms with Crippen molar-refractivity contribution in [1.82, 2.24) is 0 Å². The summed E-state index contributed by atoms with van der Waals surface area (Å²) >= 11 is 2.47. The fraction of sp³-hybridized carbons (Fsp3) is 0.308. The van der Waals surface area contributed by atoms with Gasteiger partial charge in [0.1, 0.15) is 9.21 Å². The summed E-state index contributed by atoms with van der Waals surface area (Å²) < 4.78 is 32.2. The summed E-state index contributed by atoms with van der Waals surface area (Å²) in [7, 11) is -2.35. The Balaban J connectivity index is 2.02. The van der Waals surface area contributed by atoms with Crippen molar-refractivity contribution < 1.29 is 17.9 Å². The number of methoxy groups -OCH3 is 1. The van der Waals surface area contributed by atoms with E-state index in [1.54, 1.807) is 11.4 Å². The van der Waals surface area contributed by atoms with Crippen LogP contribution < -0.4 is 4.72 Å². The predicted molar refractivity (Wildman–Crippen MR) is 82.8 cm³/mol. The Morgan fingerprint density at radius 1 is 1.38 bits per heavy atom. The molecule has 2 aromatic rings. The number of sulfonamides is 1. The summed E-state index contributed by atoms with van der Waals surface area (Å²) in [6.07, 6.45) is 2.66. The minimum absolute atomic E-state index is 0.229. The van der Waals surface area contributed by atoms with Crippen LogP contribution in [-0.2, 0) is 27.6 Å². The largest absolute Gasteiger partial charge is 0.465 e. The third-order valence-electron chi connectivity index (χ3n) is 3.30. The van der Waals surface area contributed by atoms with Crippen molar-refractivity contribution >= 4 is 43.7 Å². The van der Waals surface area contributed by atoms with Crippen LogP contribution in [0.25, 0.3) is 0 Å². The zero-order chi connectivity index (χ0) is 15.0. The van der Waals surface area contributed by atoms with Crippen LogP contribution in [0.5, 0.6) is 0 Å². The van der Waals surface area contributed by atoms with Crippen LogP contribution >= 0.6 is 22.7 Å². The van der Waals surface area contributed by atoms with Crippen LogP contribution in [0.1, 0.15) is 27.2 Å². The zero-order valence-corrected chi connectivity index (χ0v) is 13.7. The number of rotatable bonds is 4. The van der Waals surface area contributed by atoms with Gasteiger partial charge < -0.3 is 4.74 Å².